The highest BCUT2D eigenvalue weighted by molar-refractivity contribution is 5.97. The van der Waals surface area contributed by atoms with E-state index in [0.29, 0.717) is 37.4 Å². The standard InChI is InChI=1S/C17H15N7O/c18-10-13-2-4-16(22-21-13)23-5-7-24(8-6-23)17(25)12-1-3-14-15(9-12)20-11-19-14/h1-4,9,11H,5-8H2,(H,19,20). The molecule has 0 saturated carbocycles. The number of carbonyl (C=O) groups is 1. The highest BCUT2D eigenvalue weighted by Crippen LogP contribution is 2.17. The number of benzene rings is 1. The number of hydrogen-bond acceptors (Lipinski definition) is 6. The van der Waals surface area contributed by atoms with Gasteiger partial charge in [-0.25, -0.2) is 4.98 Å². The van der Waals surface area contributed by atoms with Crippen LogP contribution in [0.5, 0.6) is 0 Å². The number of carbonyl (C=O) groups excluding carboxylic acids is 1. The van der Waals surface area contributed by atoms with Crippen LogP contribution in [0.4, 0.5) is 5.82 Å². The van der Waals surface area contributed by atoms with Crippen LogP contribution in [0.25, 0.3) is 11.0 Å². The lowest BCUT2D eigenvalue weighted by Crippen LogP contribution is -2.49. The van der Waals surface area contributed by atoms with Crippen LogP contribution in [-0.4, -0.2) is 57.2 Å². The Morgan fingerprint density at radius 1 is 1.12 bits per heavy atom. The molecule has 1 aliphatic rings. The third kappa shape index (κ3) is 2.87. The molecule has 0 unspecified atom stereocenters. The van der Waals surface area contributed by atoms with E-state index < -0.39 is 0 Å². The molecule has 3 aromatic rings. The molecule has 8 heteroatoms. The van der Waals surface area contributed by atoms with Gasteiger partial charge in [0.2, 0.25) is 0 Å². The number of aromatic amines is 1. The minimum Gasteiger partial charge on any atom is -0.352 e. The van der Waals surface area contributed by atoms with Gasteiger partial charge in [-0.1, -0.05) is 0 Å². The van der Waals surface area contributed by atoms with Crippen molar-refractivity contribution in [2.24, 2.45) is 0 Å². The van der Waals surface area contributed by atoms with Gasteiger partial charge < -0.3 is 14.8 Å². The van der Waals surface area contributed by atoms with Crippen molar-refractivity contribution in [2.75, 3.05) is 31.1 Å². The number of hydrogen-bond donors (Lipinski definition) is 1. The average Bonchev–Trinajstić information content (AvgIpc) is 3.15. The smallest absolute Gasteiger partial charge is 0.254 e. The predicted molar refractivity (Wildman–Crippen MR) is 91.0 cm³/mol. The van der Waals surface area contributed by atoms with Gasteiger partial charge in [0.25, 0.3) is 5.91 Å². The number of imidazole rings is 1. The summed E-state index contributed by atoms with van der Waals surface area (Å²) in [6.45, 7) is 2.58. The number of H-pyrrole nitrogens is 1. The van der Waals surface area contributed by atoms with Crippen molar-refractivity contribution in [3.05, 3.63) is 47.9 Å². The van der Waals surface area contributed by atoms with E-state index in [1.807, 2.05) is 29.2 Å². The Bertz CT molecular complexity index is 949. The Kier molecular flexibility index (Phi) is 3.74. The quantitative estimate of drug-likeness (QED) is 0.756. The van der Waals surface area contributed by atoms with Gasteiger partial charge in [0.05, 0.1) is 17.4 Å². The largest absolute Gasteiger partial charge is 0.352 e. The Morgan fingerprint density at radius 3 is 2.68 bits per heavy atom. The van der Waals surface area contributed by atoms with Crippen molar-refractivity contribution in [1.82, 2.24) is 25.1 Å². The average molecular weight is 333 g/mol. The van der Waals surface area contributed by atoms with Crippen LogP contribution < -0.4 is 4.90 Å². The zero-order chi connectivity index (χ0) is 17.2. The second-order valence-corrected chi connectivity index (χ2v) is 5.80. The SMILES string of the molecule is N#Cc1ccc(N2CCN(C(=O)c3ccc4nc[nH]c4c3)CC2)nn1. The van der Waals surface area contributed by atoms with Crippen molar-refractivity contribution >= 4 is 22.8 Å². The number of piperazine rings is 1. The topological polar surface area (TPSA) is 102 Å². The third-order valence-corrected chi connectivity index (χ3v) is 4.32. The molecule has 0 atom stereocenters. The molecule has 8 nitrogen and oxygen atoms in total. The number of nitriles is 1. The summed E-state index contributed by atoms with van der Waals surface area (Å²) in [5, 5.41) is 16.7. The van der Waals surface area contributed by atoms with Gasteiger partial charge in [-0.2, -0.15) is 5.26 Å². The van der Waals surface area contributed by atoms with Crippen molar-refractivity contribution in [3.8, 4) is 6.07 Å². The van der Waals surface area contributed by atoms with Gasteiger partial charge in [0, 0.05) is 31.7 Å². The molecule has 1 N–H and O–H groups in total. The minimum atomic E-state index is 0.0158. The number of rotatable bonds is 2. The number of aromatic nitrogens is 4. The van der Waals surface area contributed by atoms with Gasteiger partial charge in [0.15, 0.2) is 11.5 Å². The van der Waals surface area contributed by atoms with Crippen molar-refractivity contribution in [1.29, 1.82) is 5.26 Å². The van der Waals surface area contributed by atoms with E-state index in [-0.39, 0.29) is 5.91 Å². The summed E-state index contributed by atoms with van der Waals surface area (Å²) in [5.74, 6) is 0.743. The first-order chi connectivity index (χ1) is 12.2. The molecular formula is C17H15N7O. The van der Waals surface area contributed by atoms with E-state index in [2.05, 4.69) is 25.1 Å². The molecular weight excluding hydrogens is 318 g/mol. The monoisotopic (exact) mass is 333 g/mol. The summed E-state index contributed by atoms with van der Waals surface area (Å²) in [4.78, 5) is 23.8. The first-order valence-corrected chi connectivity index (χ1v) is 7.96. The molecule has 2 aromatic heterocycles. The lowest BCUT2D eigenvalue weighted by molar-refractivity contribution is 0.0746. The van der Waals surface area contributed by atoms with E-state index in [4.69, 9.17) is 5.26 Å². The molecule has 1 aromatic carbocycles. The van der Waals surface area contributed by atoms with Crippen molar-refractivity contribution in [3.63, 3.8) is 0 Å². The molecule has 0 aliphatic carbocycles. The Labute approximate surface area is 143 Å². The van der Waals surface area contributed by atoms with E-state index >= 15 is 0 Å². The molecule has 1 fully saturated rings. The highest BCUT2D eigenvalue weighted by atomic mass is 16.2. The number of fused-ring (bicyclic) bond motifs is 1. The van der Waals surface area contributed by atoms with Crippen LogP contribution in [0, 0.1) is 11.3 Å². The Morgan fingerprint density at radius 2 is 1.96 bits per heavy atom. The summed E-state index contributed by atoms with van der Waals surface area (Å²) < 4.78 is 0. The maximum Gasteiger partial charge on any atom is 0.254 e. The lowest BCUT2D eigenvalue weighted by atomic mass is 10.1. The van der Waals surface area contributed by atoms with E-state index in [1.165, 1.54) is 0 Å². The van der Waals surface area contributed by atoms with Crippen molar-refractivity contribution in [2.45, 2.75) is 0 Å². The summed E-state index contributed by atoms with van der Waals surface area (Å²) in [6.07, 6.45) is 1.62. The fourth-order valence-corrected chi connectivity index (χ4v) is 2.94. The van der Waals surface area contributed by atoms with Crippen LogP contribution in [-0.2, 0) is 0 Å². The summed E-state index contributed by atoms with van der Waals surface area (Å²) in [6, 6.07) is 10.9. The van der Waals surface area contributed by atoms with Crippen LogP contribution in [0.1, 0.15) is 16.1 Å². The number of amides is 1. The van der Waals surface area contributed by atoms with Gasteiger partial charge in [-0.05, 0) is 30.3 Å². The molecule has 1 saturated heterocycles. The molecule has 3 heterocycles. The predicted octanol–water partition coefficient (Wildman–Crippen LogP) is 1.19. The van der Waals surface area contributed by atoms with Crippen LogP contribution >= 0.6 is 0 Å². The molecule has 0 spiro atoms. The molecule has 1 aliphatic heterocycles. The summed E-state index contributed by atoms with van der Waals surface area (Å²) in [5.41, 5.74) is 2.66. The molecule has 25 heavy (non-hydrogen) atoms. The van der Waals surface area contributed by atoms with Crippen LogP contribution in [0.15, 0.2) is 36.7 Å². The van der Waals surface area contributed by atoms with Gasteiger partial charge in [-0.3, -0.25) is 4.79 Å². The van der Waals surface area contributed by atoms with E-state index in [9.17, 15) is 4.79 Å². The van der Waals surface area contributed by atoms with E-state index in [1.54, 1.807) is 18.5 Å². The lowest BCUT2D eigenvalue weighted by Gasteiger charge is -2.35. The second kappa shape index (κ2) is 6.20. The number of anilines is 1. The first-order valence-electron chi connectivity index (χ1n) is 7.96. The Hall–Kier alpha value is -3.47. The summed E-state index contributed by atoms with van der Waals surface area (Å²) >= 11 is 0. The molecule has 0 bridgehead atoms. The highest BCUT2D eigenvalue weighted by Gasteiger charge is 2.23. The zero-order valence-corrected chi connectivity index (χ0v) is 13.4. The number of nitrogens with zero attached hydrogens (tertiary/aromatic N) is 6. The second-order valence-electron chi connectivity index (χ2n) is 5.80. The van der Waals surface area contributed by atoms with Gasteiger partial charge in [0.1, 0.15) is 6.07 Å². The molecule has 124 valence electrons. The first kappa shape index (κ1) is 15.1. The molecule has 4 rings (SSSR count). The van der Waals surface area contributed by atoms with Crippen molar-refractivity contribution < 1.29 is 4.79 Å². The minimum absolute atomic E-state index is 0.0158. The normalized spacial score (nSPS) is 14.5. The molecule has 0 radical (unpaired) electrons. The van der Waals surface area contributed by atoms with Crippen LogP contribution in [0.2, 0.25) is 0 Å². The van der Waals surface area contributed by atoms with Crippen LogP contribution in [0.3, 0.4) is 0 Å². The fourth-order valence-electron chi connectivity index (χ4n) is 2.94. The Balaban J connectivity index is 1.43. The van der Waals surface area contributed by atoms with Gasteiger partial charge in [-0.15, -0.1) is 10.2 Å². The maximum absolute atomic E-state index is 12.7. The zero-order valence-electron chi connectivity index (χ0n) is 13.4. The maximum atomic E-state index is 12.7. The molecule has 1 amide bonds. The number of nitrogens with one attached hydrogen (secondary N) is 1. The third-order valence-electron chi connectivity index (χ3n) is 4.32. The van der Waals surface area contributed by atoms with E-state index in [0.717, 1.165) is 16.9 Å². The summed E-state index contributed by atoms with van der Waals surface area (Å²) in [7, 11) is 0. The van der Waals surface area contributed by atoms with Gasteiger partial charge >= 0.3 is 0 Å². The fraction of sp³-hybridized carbons (Fsp3) is 0.235.